The van der Waals surface area contributed by atoms with Crippen molar-refractivity contribution >= 4 is 39.1 Å². The lowest BCUT2D eigenvalue weighted by Crippen LogP contribution is -1.98. The van der Waals surface area contributed by atoms with Crippen molar-refractivity contribution in [3.8, 4) is 0 Å². The first kappa shape index (κ1) is 14.5. The molecule has 4 aromatic rings. The van der Waals surface area contributed by atoms with E-state index in [0.717, 1.165) is 38.9 Å². The number of anilines is 2. The van der Waals surface area contributed by atoms with Gasteiger partial charge in [0.25, 0.3) is 0 Å². The Morgan fingerprint density at radius 3 is 2.88 bits per heavy atom. The van der Waals surface area contributed by atoms with Crippen LogP contribution in [0.1, 0.15) is 23.7 Å². The molecule has 0 radical (unpaired) electrons. The van der Waals surface area contributed by atoms with Gasteiger partial charge in [-0.05, 0) is 24.3 Å². The fourth-order valence-corrected chi connectivity index (χ4v) is 3.00. The second kappa shape index (κ2) is 5.81. The number of pyridine rings is 1. The Labute approximate surface area is 139 Å². The SMILES string of the molecule is CCC(=O)c1cccc(Nc2ccnc3[nH]c4ccccc4c23)c1. The summed E-state index contributed by atoms with van der Waals surface area (Å²) in [4.78, 5) is 19.7. The number of Topliss-reactive ketones (excluding diaryl/α,β-unsaturated/α-hetero) is 1. The summed E-state index contributed by atoms with van der Waals surface area (Å²) in [6.07, 6.45) is 2.28. The van der Waals surface area contributed by atoms with Crippen LogP contribution in [-0.4, -0.2) is 15.8 Å². The number of aromatic amines is 1. The van der Waals surface area contributed by atoms with Gasteiger partial charge in [-0.3, -0.25) is 4.79 Å². The monoisotopic (exact) mass is 315 g/mol. The number of carbonyl (C=O) groups excluding carboxylic acids is 1. The Kier molecular flexibility index (Phi) is 3.50. The molecule has 0 spiro atoms. The molecular weight excluding hydrogens is 298 g/mol. The maximum absolute atomic E-state index is 11.9. The van der Waals surface area contributed by atoms with Crippen molar-refractivity contribution in [3.05, 3.63) is 66.4 Å². The van der Waals surface area contributed by atoms with E-state index in [4.69, 9.17) is 0 Å². The summed E-state index contributed by atoms with van der Waals surface area (Å²) in [6.45, 7) is 1.88. The number of H-pyrrole nitrogens is 1. The van der Waals surface area contributed by atoms with Crippen molar-refractivity contribution in [2.45, 2.75) is 13.3 Å². The van der Waals surface area contributed by atoms with E-state index in [2.05, 4.69) is 21.4 Å². The van der Waals surface area contributed by atoms with Crippen LogP contribution in [0.3, 0.4) is 0 Å². The lowest BCUT2D eigenvalue weighted by Gasteiger charge is -2.09. The number of aromatic nitrogens is 2. The molecule has 2 aromatic carbocycles. The Hall–Kier alpha value is -3.14. The van der Waals surface area contributed by atoms with Crippen molar-refractivity contribution < 1.29 is 4.79 Å². The van der Waals surface area contributed by atoms with E-state index in [1.54, 1.807) is 6.20 Å². The highest BCUT2D eigenvalue weighted by atomic mass is 16.1. The maximum Gasteiger partial charge on any atom is 0.162 e. The molecule has 24 heavy (non-hydrogen) atoms. The Morgan fingerprint density at radius 2 is 2.00 bits per heavy atom. The number of ketones is 1. The molecule has 118 valence electrons. The smallest absolute Gasteiger partial charge is 0.162 e. The van der Waals surface area contributed by atoms with Crippen molar-refractivity contribution in [1.82, 2.24) is 9.97 Å². The zero-order chi connectivity index (χ0) is 16.5. The van der Waals surface area contributed by atoms with Gasteiger partial charge in [0, 0.05) is 34.8 Å². The largest absolute Gasteiger partial charge is 0.355 e. The average molecular weight is 315 g/mol. The van der Waals surface area contributed by atoms with Crippen molar-refractivity contribution in [3.63, 3.8) is 0 Å². The lowest BCUT2D eigenvalue weighted by molar-refractivity contribution is 0.0988. The van der Waals surface area contributed by atoms with Crippen LogP contribution in [0.25, 0.3) is 21.9 Å². The van der Waals surface area contributed by atoms with Crippen LogP contribution >= 0.6 is 0 Å². The van der Waals surface area contributed by atoms with Crippen LogP contribution in [0.4, 0.5) is 11.4 Å². The highest BCUT2D eigenvalue weighted by Gasteiger charge is 2.10. The molecule has 2 heterocycles. The zero-order valence-electron chi connectivity index (χ0n) is 13.3. The molecule has 0 aliphatic rings. The third-order valence-corrected chi connectivity index (χ3v) is 4.19. The van der Waals surface area contributed by atoms with Crippen LogP contribution < -0.4 is 5.32 Å². The van der Waals surface area contributed by atoms with Crippen LogP contribution in [0.5, 0.6) is 0 Å². The van der Waals surface area contributed by atoms with Gasteiger partial charge in [-0.15, -0.1) is 0 Å². The summed E-state index contributed by atoms with van der Waals surface area (Å²) in [6, 6.07) is 17.7. The fraction of sp³-hybridized carbons (Fsp3) is 0.100. The predicted molar refractivity (Wildman–Crippen MR) is 97.9 cm³/mol. The predicted octanol–water partition coefficient (Wildman–Crippen LogP) is 5.05. The molecule has 0 aliphatic carbocycles. The minimum atomic E-state index is 0.144. The molecule has 0 saturated carbocycles. The second-order valence-corrected chi connectivity index (χ2v) is 5.74. The molecule has 0 bridgehead atoms. The fourth-order valence-electron chi connectivity index (χ4n) is 3.00. The molecule has 0 fully saturated rings. The molecule has 4 nitrogen and oxygen atoms in total. The molecule has 0 unspecified atom stereocenters. The summed E-state index contributed by atoms with van der Waals surface area (Å²) in [5, 5.41) is 5.62. The van der Waals surface area contributed by atoms with Gasteiger partial charge < -0.3 is 10.3 Å². The van der Waals surface area contributed by atoms with Crippen molar-refractivity contribution in [1.29, 1.82) is 0 Å². The Morgan fingerprint density at radius 1 is 1.12 bits per heavy atom. The summed E-state index contributed by atoms with van der Waals surface area (Å²) >= 11 is 0. The maximum atomic E-state index is 11.9. The standard InChI is InChI=1S/C20H17N3O/c1-2-18(24)13-6-5-7-14(12-13)22-17-10-11-21-20-19(17)15-8-3-4-9-16(15)23-20/h3-12H,2H2,1H3,(H2,21,22,23). The number of nitrogens with one attached hydrogen (secondary N) is 2. The van der Waals surface area contributed by atoms with Gasteiger partial charge in [-0.1, -0.05) is 37.3 Å². The topological polar surface area (TPSA) is 57.8 Å². The molecule has 0 aliphatic heterocycles. The quantitative estimate of drug-likeness (QED) is 0.518. The van der Waals surface area contributed by atoms with E-state index in [0.29, 0.717) is 6.42 Å². The van der Waals surface area contributed by atoms with Crippen molar-refractivity contribution in [2.75, 3.05) is 5.32 Å². The van der Waals surface area contributed by atoms with Crippen LogP contribution in [-0.2, 0) is 0 Å². The highest BCUT2D eigenvalue weighted by Crippen LogP contribution is 2.32. The molecule has 2 N–H and O–H groups in total. The third kappa shape index (κ3) is 2.42. The minimum absolute atomic E-state index is 0.144. The number of benzene rings is 2. The van der Waals surface area contributed by atoms with E-state index < -0.39 is 0 Å². The molecule has 4 rings (SSSR count). The Bertz CT molecular complexity index is 1050. The molecular formula is C20H17N3O. The lowest BCUT2D eigenvalue weighted by atomic mass is 10.1. The third-order valence-electron chi connectivity index (χ3n) is 4.19. The van der Waals surface area contributed by atoms with Gasteiger partial charge in [-0.2, -0.15) is 0 Å². The second-order valence-electron chi connectivity index (χ2n) is 5.74. The summed E-state index contributed by atoms with van der Waals surface area (Å²) in [5.41, 5.74) is 4.50. The number of para-hydroxylation sites is 1. The van der Waals surface area contributed by atoms with Gasteiger partial charge in [0.2, 0.25) is 0 Å². The van der Waals surface area contributed by atoms with Crippen LogP contribution in [0.2, 0.25) is 0 Å². The van der Waals surface area contributed by atoms with Gasteiger partial charge in [-0.25, -0.2) is 4.98 Å². The van der Waals surface area contributed by atoms with Crippen LogP contribution in [0, 0.1) is 0 Å². The van der Waals surface area contributed by atoms with E-state index in [1.807, 2.05) is 55.5 Å². The number of rotatable bonds is 4. The van der Waals surface area contributed by atoms with E-state index in [-0.39, 0.29) is 5.78 Å². The number of hydrogen-bond donors (Lipinski definition) is 2. The highest BCUT2D eigenvalue weighted by molar-refractivity contribution is 6.12. The number of nitrogens with zero attached hydrogens (tertiary/aromatic N) is 1. The average Bonchev–Trinajstić information content (AvgIpc) is 3.01. The molecule has 4 heteroatoms. The summed E-state index contributed by atoms with van der Waals surface area (Å²) in [5.74, 6) is 0.144. The first-order valence-corrected chi connectivity index (χ1v) is 8.02. The van der Waals surface area contributed by atoms with E-state index in [9.17, 15) is 4.79 Å². The van der Waals surface area contributed by atoms with Crippen LogP contribution in [0.15, 0.2) is 60.8 Å². The normalized spacial score (nSPS) is 11.0. The molecule has 0 atom stereocenters. The zero-order valence-corrected chi connectivity index (χ0v) is 13.3. The first-order valence-electron chi connectivity index (χ1n) is 8.02. The molecule has 0 saturated heterocycles. The van der Waals surface area contributed by atoms with Gasteiger partial charge in [0.15, 0.2) is 5.78 Å². The number of carbonyl (C=O) groups is 1. The molecule has 2 aromatic heterocycles. The Balaban J connectivity index is 1.81. The van der Waals surface area contributed by atoms with Gasteiger partial charge >= 0.3 is 0 Å². The van der Waals surface area contributed by atoms with E-state index in [1.165, 1.54) is 0 Å². The molecule has 0 amide bonds. The first-order chi connectivity index (χ1) is 11.8. The number of fused-ring (bicyclic) bond motifs is 3. The summed E-state index contributed by atoms with van der Waals surface area (Å²) < 4.78 is 0. The minimum Gasteiger partial charge on any atom is -0.355 e. The van der Waals surface area contributed by atoms with Gasteiger partial charge in [0.1, 0.15) is 5.65 Å². The summed E-state index contributed by atoms with van der Waals surface area (Å²) in [7, 11) is 0. The van der Waals surface area contributed by atoms with Gasteiger partial charge in [0.05, 0.1) is 11.1 Å². The van der Waals surface area contributed by atoms with Crippen molar-refractivity contribution in [2.24, 2.45) is 0 Å². The van der Waals surface area contributed by atoms with E-state index >= 15 is 0 Å². The number of hydrogen-bond acceptors (Lipinski definition) is 3.